The summed E-state index contributed by atoms with van der Waals surface area (Å²) in [6, 6.07) is 16.0. The van der Waals surface area contributed by atoms with Crippen LogP contribution in [0.4, 0.5) is 0 Å². The van der Waals surface area contributed by atoms with E-state index in [1.54, 1.807) is 33.7 Å². The highest BCUT2D eigenvalue weighted by atomic mass is 79.9. The molecule has 0 aliphatic carbocycles. The van der Waals surface area contributed by atoms with Gasteiger partial charge in [0.15, 0.2) is 0 Å². The second-order valence-corrected chi connectivity index (χ2v) is 11.1. The fourth-order valence-electron chi connectivity index (χ4n) is 5.20. The van der Waals surface area contributed by atoms with Crippen molar-refractivity contribution in [2.24, 2.45) is 0 Å². The van der Waals surface area contributed by atoms with E-state index in [-0.39, 0.29) is 17.9 Å². The van der Waals surface area contributed by atoms with Gasteiger partial charge >= 0.3 is 0 Å². The molecule has 2 atom stereocenters. The maximum Gasteiger partial charge on any atom is 0.270 e. The molecule has 2 aliphatic heterocycles. The largest absolute Gasteiger partial charge is 0.485 e. The van der Waals surface area contributed by atoms with Crippen molar-refractivity contribution in [3.8, 4) is 5.75 Å². The van der Waals surface area contributed by atoms with Gasteiger partial charge in [-0.05, 0) is 36.4 Å². The van der Waals surface area contributed by atoms with E-state index < -0.39 is 5.60 Å². The first-order valence-electron chi connectivity index (χ1n) is 11.8. The van der Waals surface area contributed by atoms with Gasteiger partial charge in [0.05, 0.1) is 29.4 Å². The molecule has 2 aromatic heterocycles. The molecule has 6 rings (SSSR count). The first kappa shape index (κ1) is 24.3. The third kappa shape index (κ3) is 4.47. The number of imidazole rings is 1. The highest BCUT2D eigenvalue weighted by molar-refractivity contribution is 9.10. The zero-order valence-corrected chi connectivity index (χ0v) is 22.6. The number of benzene rings is 2. The smallest absolute Gasteiger partial charge is 0.270 e. The van der Waals surface area contributed by atoms with Gasteiger partial charge in [-0.1, -0.05) is 57.3 Å². The summed E-state index contributed by atoms with van der Waals surface area (Å²) in [6.07, 6.45) is 4.54. The van der Waals surface area contributed by atoms with Gasteiger partial charge in [0, 0.05) is 40.6 Å². The zero-order valence-electron chi connectivity index (χ0n) is 19.5. The number of carbonyl (C=O) groups is 2. The Morgan fingerprint density at radius 1 is 1.14 bits per heavy atom. The number of likely N-dealkylation sites (tertiary alicyclic amines) is 1. The van der Waals surface area contributed by atoms with Crippen molar-refractivity contribution in [3.63, 3.8) is 0 Å². The van der Waals surface area contributed by atoms with E-state index in [4.69, 9.17) is 27.9 Å². The summed E-state index contributed by atoms with van der Waals surface area (Å²) < 4.78 is 9.15. The van der Waals surface area contributed by atoms with Crippen LogP contribution in [-0.2, 0) is 0 Å². The number of carbonyl (C=O) groups excluding carboxylic acids is 2. The normalized spacial score (nSPS) is 20.6. The van der Waals surface area contributed by atoms with Crippen LogP contribution in [0.3, 0.4) is 0 Å². The molecule has 7 nitrogen and oxygen atoms in total. The summed E-state index contributed by atoms with van der Waals surface area (Å²) in [5.74, 6) is 0.309. The molecule has 1 saturated heterocycles. The minimum atomic E-state index is -0.634. The van der Waals surface area contributed by atoms with Crippen LogP contribution in [0.2, 0.25) is 10.0 Å². The van der Waals surface area contributed by atoms with E-state index in [0.29, 0.717) is 58.6 Å². The van der Waals surface area contributed by atoms with Crippen LogP contribution < -0.4 is 10.1 Å². The maximum absolute atomic E-state index is 13.4. The number of nitrogens with one attached hydrogen (secondary N) is 1. The second-order valence-electron chi connectivity index (χ2n) is 9.37. The molecule has 4 aromatic rings. The highest BCUT2D eigenvalue weighted by Gasteiger charge is 2.47. The van der Waals surface area contributed by atoms with Gasteiger partial charge in [-0.25, -0.2) is 4.98 Å². The zero-order chi connectivity index (χ0) is 25.7. The standard InChI is InChI=1S/C27H21BrCl2N4O3/c28-16-7-9-34-22(14-31-24(34)11-16)25(35)32-21-13-27(37-23-4-2-1-3-19(21)23)8-10-33(15-27)26(36)18-6-5-17(29)12-20(18)30/h1-7,9,11-12,14,21H,8,10,13,15H2,(H,32,35). The van der Waals surface area contributed by atoms with Gasteiger partial charge in [-0.3, -0.25) is 14.0 Å². The Morgan fingerprint density at radius 2 is 1.97 bits per heavy atom. The van der Waals surface area contributed by atoms with Crippen LogP contribution in [-0.4, -0.2) is 44.8 Å². The van der Waals surface area contributed by atoms with Crippen LogP contribution in [0.25, 0.3) is 5.65 Å². The summed E-state index contributed by atoms with van der Waals surface area (Å²) in [5.41, 5.74) is 1.80. The Bertz CT molecular complexity index is 1560. The molecular weight excluding hydrogens is 579 g/mol. The van der Waals surface area contributed by atoms with Gasteiger partial charge in [-0.15, -0.1) is 0 Å². The molecule has 0 saturated carbocycles. The van der Waals surface area contributed by atoms with E-state index in [0.717, 1.165) is 10.0 Å². The van der Waals surface area contributed by atoms with E-state index in [1.807, 2.05) is 42.6 Å². The van der Waals surface area contributed by atoms with Crippen LogP contribution in [0.1, 0.15) is 45.3 Å². The molecule has 2 aliphatic rings. The third-order valence-electron chi connectivity index (χ3n) is 6.98. The van der Waals surface area contributed by atoms with E-state index in [9.17, 15) is 9.59 Å². The first-order valence-corrected chi connectivity index (χ1v) is 13.3. The predicted molar refractivity (Wildman–Crippen MR) is 144 cm³/mol. The minimum absolute atomic E-state index is 0.168. The molecule has 10 heteroatoms. The lowest BCUT2D eigenvalue weighted by atomic mass is 9.86. The van der Waals surface area contributed by atoms with Gasteiger partial charge in [0.1, 0.15) is 22.7 Å². The monoisotopic (exact) mass is 598 g/mol. The maximum atomic E-state index is 13.4. The average molecular weight is 600 g/mol. The Morgan fingerprint density at radius 3 is 2.81 bits per heavy atom. The third-order valence-corrected chi connectivity index (χ3v) is 8.02. The number of hydrogen-bond donors (Lipinski definition) is 1. The molecule has 0 radical (unpaired) electrons. The number of ether oxygens (including phenoxy) is 1. The molecule has 188 valence electrons. The lowest BCUT2D eigenvalue weighted by Crippen LogP contribution is -2.47. The Labute approximate surface area is 231 Å². The van der Waals surface area contributed by atoms with Crippen LogP contribution in [0, 0.1) is 0 Å². The van der Waals surface area contributed by atoms with Gasteiger partial charge in [0.25, 0.3) is 11.8 Å². The van der Waals surface area contributed by atoms with E-state index >= 15 is 0 Å². The Hall–Kier alpha value is -3.07. The number of amides is 2. The number of pyridine rings is 1. The molecule has 1 spiro atoms. The van der Waals surface area contributed by atoms with Gasteiger partial charge < -0.3 is 15.0 Å². The van der Waals surface area contributed by atoms with Crippen molar-refractivity contribution in [3.05, 3.63) is 98.3 Å². The average Bonchev–Trinajstić information content (AvgIpc) is 3.47. The van der Waals surface area contributed by atoms with Crippen molar-refractivity contribution in [1.29, 1.82) is 0 Å². The van der Waals surface area contributed by atoms with Crippen molar-refractivity contribution in [2.45, 2.75) is 24.5 Å². The Balaban J connectivity index is 1.26. The number of halogens is 3. The van der Waals surface area contributed by atoms with Crippen LogP contribution in [0.5, 0.6) is 5.75 Å². The van der Waals surface area contributed by atoms with E-state index in [2.05, 4.69) is 26.2 Å². The SMILES string of the molecule is O=C(NC1CC2(CCN(C(=O)c3ccc(Cl)cc3Cl)C2)Oc2ccccc21)c1cnc2cc(Br)ccn12. The minimum Gasteiger partial charge on any atom is -0.485 e. The van der Waals surface area contributed by atoms with Crippen LogP contribution >= 0.6 is 39.1 Å². The lowest BCUT2D eigenvalue weighted by molar-refractivity contribution is 0.0351. The number of nitrogens with zero attached hydrogens (tertiary/aromatic N) is 3. The summed E-state index contributed by atoms with van der Waals surface area (Å²) in [4.78, 5) is 32.8. The molecule has 37 heavy (non-hydrogen) atoms. The van der Waals surface area contributed by atoms with Gasteiger partial charge in [-0.2, -0.15) is 0 Å². The Kier molecular flexibility index (Phi) is 6.13. The molecular formula is C27H21BrCl2N4O3. The topological polar surface area (TPSA) is 75.9 Å². The fraction of sp³-hybridized carbons (Fsp3) is 0.222. The number of para-hydroxylation sites is 1. The number of aromatic nitrogens is 2. The quantitative estimate of drug-likeness (QED) is 0.316. The lowest BCUT2D eigenvalue weighted by Gasteiger charge is -2.40. The number of fused-ring (bicyclic) bond motifs is 2. The number of hydrogen-bond acceptors (Lipinski definition) is 4. The van der Waals surface area contributed by atoms with Crippen molar-refractivity contribution >= 4 is 56.6 Å². The molecule has 1 N–H and O–H groups in total. The molecule has 2 unspecified atom stereocenters. The number of rotatable bonds is 3. The van der Waals surface area contributed by atoms with E-state index in [1.165, 1.54) is 0 Å². The molecule has 4 heterocycles. The van der Waals surface area contributed by atoms with Gasteiger partial charge in [0.2, 0.25) is 0 Å². The summed E-state index contributed by atoms with van der Waals surface area (Å²) >= 11 is 15.8. The molecule has 2 aromatic carbocycles. The second kappa shape index (κ2) is 9.35. The van der Waals surface area contributed by atoms with Crippen molar-refractivity contribution in [1.82, 2.24) is 19.6 Å². The molecule has 2 amide bonds. The first-order chi connectivity index (χ1) is 17.8. The van der Waals surface area contributed by atoms with Crippen molar-refractivity contribution < 1.29 is 14.3 Å². The summed E-state index contributed by atoms with van der Waals surface area (Å²) in [7, 11) is 0. The highest BCUT2D eigenvalue weighted by Crippen LogP contribution is 2.44. The van der Waals surface area contributed by atoms with Crippen molar-refractivity contribution in [2.75, 3.05) is 13.1 Å². The predicted octanol–water partition coefficient (Wildman–Crippen LogP) is 5.94. The summed E-state index contributed by atoms with van der Waals surface area (Å²) in [5, 5.41) is 3.99. The summed E-state index contributed by atoms with van der Waals surface area (Å²) in [6.45, 7) is 0.901. The molecule has 1 fully saturated rings. The van der Waals surface area contributed by atoms with Crippen LogP contribution in [0.15, 0.2) is 71.5 Å². The fourth-order valence-corrected chi connectivity index (χ4v) is 6.02. The molecule has 0 bridgehead atoms.